The predicted octanol–water partition coefficient (Wildman–Crippen LogP) is 14.4. The third-order valence-corrected chi connectivity index (χ3v) is 10.2. The zero-order valence-corrected chi connectivity index (χ0v) is 28.9. The Morgan fingerprint density at radius 1 is 0.358 bits per heavy atom. The second-order valence-corrected chi connectivity index (χ2v) is 13.4. The summed E-state index contributed by atoms with van der Waals surface area (Å²) in [5.74, 6) is 1.61. The maximum atomic E-state index is 7.13. The Labute approximate surface area is 309 Å². The number of benzene rings is 9. The summed E-state index contributed by atoms with van der Waals surface area (Å²) in [6, 6.07) is 73.3. The van der Waals surface area contributed by atoms with Crippen molar-refractivity contribution in [3.8, 4) is 33.8 Å². The number of nitrogens with zero attached hydrogens (tertiary/aromatic N) is 2. The van der Waals surface area contributed by atoms with Crippen molar-refractivity contribution in [3.05, 3.63) is 206 Å². The van der Waals surface area contributed by atoms with Gasteiger partial charge in [-0.15, -0.1) is 0 Å². The summed E-state index contributed by atoms with van der Waals surface area (Å²) in [5, 5.41) is 4.63. The van der Waals surface area contributed by atoms with Gasteiger partial charge < -0.3 is 14.5 Å². The molecule has 1 aliphatic rings. The van der Waals surface area contributed by atoms with E-state index in [1.54, 1.807) is 0 Å². The van der Waals surface area contributed by atoms with E-state index in [-0.39, 0.29) is 0 Å². The Bertz CT molecular complexity index is 2730. The van der Waals surface area contributed by atoms with Gasteiger partial charge in [0.05, 0.1) is 11.4 Å². The topological polar surface area (TPSA) is 15.7 Å². The van der Waals surface area contributed by atoms with E-state index in [9.17, 15) is 0 Å². The van der Waals surface area contributed by atoms with Crippen molar-refractivity contribution in [2.75, 3.05) is 9.80 Å². The molecule has 10 rings (SSSR count). The standard InChI is InChI=1S/C50H34N2O/c1-3-19-40(20-4-1)51(41-21-5-2-6-22-41)42-23-11-18-38(33-42)39-29-31-47-49(34-39)53-48-27-13-17-36-16-12-25-45(50(36)48)44-24-9-10-26-46(44)52(47)43-30-28-35-14-7-8-15-37(35)32-43/h1-34H. The van der Waals surface area contributed by atoms with Gasteiger partial charge in [0.15, 0.2) is 5.75 Å². The van der Waals surface area contributed by atoms with Crippen LogP contribution in [0.3, 0.4) is 0 Å². The molecule has 0 bridgehead atoms. The lowest BCUT2D eigenvalue weighted by Gasteiger charge is -2.29. The molecule has 3 heteroatoms. The maximum Gasteiger partial charge on any atom is 0.152 e. The molecule has 0 aromatic heterocycles. The first-order valence-corrected chi connectivity index (χ1v) is 18.0. The molecule has 9 aromatic carbocycles. The van der Waals surface area contributed by atoms with Crippen LogP contribution in [0.15, 0.2) is 206 Å². The molecule has 0 N–H and O–H groups in total. The zero-order valence-electron chi connectivity index (χ0n) is 28.9. The van der Waals surface area contributed by atoms with Gasteiger partial charge in [0.1, 0.15) is 5.75 Å². The molecule has 0 aliphatic carbocycles. The lowest BCUT2D eigenvalue weighted by Crippen LogP contribution is -2.12. The molecule has 9 aromatic rings. The Morgan fingerprint density at radius 2 is 0.981 bits per heavy atom. The number of hydrogen-bond acceptors (Lipinski definition) is 3. The zero-order chi connectivity index (χ0) is 35.1. The van der Waals surface area contributed by atoms with E-state index in [0.717, 1.165) is 78.6 Å². The quantitative estimate of drug-likeness (QED) is 0.180. The van der Waals surface area contributed by atoms with E-state index in [1.807, 2.05) is 0 Å². The SMILES string of the molecule is c1ccc(N(c2ccccc2)c2cccc(-c3ccc4c(c3)Oc3cccc5cccc(c35)-c3ccccc3N4c3ccc4ccccc4c3)c2)cc1. The molecule has 0 spiro atoms. The molecule has 3 nitrogen and oxygen atoms in total. The summed E-state index contributed by atoms with van der Waals surface area (Å²) >= 11 is 0. The van der Waals surface area contributed by atoms with Crippen LogP contribution in [0.25, 0.3) is 43.8 Å². The van der Waals surface area contributed by atoms with Crippen LogP contribution in [-0.2, 0) is 0 Å². The largest absolute Gasteiger partial charge is 0.454 e. The highest BCUT2D eigenvalue weighted by Gasteiger charge is 2.25. The lowest BCUT2D eigenvalue weighted by atomic mass is 9.95. The molecular formula is C50H34N2O. The lowest BCUT2D eigenvalue weighted by molar-refractivity contribution is 0.490. The van der Waals surface area contributed by atoms with Crippen LogP contribution in [0.2, 0.25) is 0 Å². The van der Waals surface area contributed by atoms with E-state index in [1.165, 1.54) is 10.8 Å². The Morgan fingerprint density at radius 3 is 1.79 bits per heavy atom. The molecule has 0 unspecified atom stereocenters. The summed E-state index contributed by atoms with van der Waals surface area (Å²) in [7, 11) is 0. The van der Waals surface area contributed by atoms with Crippen LogP contribution in [0.1, 0.15) is 0 Å². The van der Waals surface area contributed by atoms with Gasteiger partial charge in [0.2, 0.25) is 0 Å². The van der Waals surface area contributed by atoms with E-state index in [0.29, 0.717) is 0 Å². The summed E-state index contributed by atoms with van der Waals surface area (Å²) < 4.78 is 7.13. The number of anilines is 6. The first kappa shape index (κ1) is 30.7. The fourth-order valence-electron chi connectivity index (χ4n) is 7.74. The van der Waals surface area contributed by atoms with Crippen LogP contribution in [-0.4, -0.2) is 0 Å². The van der Waals surface area contributed by atoms with Gasteiger partial charge in [-0.3, -0.25) is 0 Å². The summed E-state index contributed by atoms with van der Waals surface area (Å²) in [6.45, 7) is 0. The van der Waals surface area contributed by atoms with E-state index < -0.39 is 0 Å². The summed E-state index contributed by atoms with van der Waals surface area (Å²) in [5.41, 5.74) is 10.9. The molecule has 0 saturated heterocycles. The van der Waals surface area contributed by atoms with Crippen LogP contribution in [0.4, 0.5) is 34.1 Å². The van der Waals surface area contributed by atoms with Crippen molar-refractivity contribution in [3.63, 3.8) is 0 Å². The average molecular weight is 679 g/mol. The molecule has 0 saturated carbocycles. The Hall–Kier alpha value is -7.10. The Kier molecular flexibility index (Phi) is 7.47. The molecule has 1 heterocycles. The van der Waals surface area contributed by atoms with Gasteiger partial charge in [-0.2, -0.15) is 0 Å². The Balaban J connectivity index is 1.19. The van der Waals surface area contributed by atoms with Crippen LogP contribution < -0.4 is 14.5 Å². The summed E-state index contributed by atoms with van der Waals surface area (Å²) in [6.07, 6.45) is 0. The van der Waals surface area contributed by atoms with Crippen molar-refractivity contribution in [1.82, 2.24) is 0 Å². The average Bonchev–Trinajstić information content (AvgIpc) is 3.27. The highest BCUT2D eigenvalue weighted by molar-refractivity contribution is 6.06. The minimum Gasteiger partial charge on any atom is -0.454 e. The molecule has 0 radical (unpaired) electrons. The molecule has 250 valence electrons. The van der Waals surface area contributed by atoms with Gasteiger partial charge in [0, 0.05) is 33.7 Å². The smallest absolute Gasteiger partial charge is 0.152 e. The molecule has 0 amide bonds. The second-order valence-electron chi connectivity index (χ2n) is 13.4. The van der Waals surface area contributed by atoms with Gasteiger partial charge in [-0.1, -0.05) is 133 Å². The van der Waals surface area contributed by atoms with E-state index in [4.69, 9.17) is 4.74 Å². The minimum absolute atomic E-state index is 0.781. The van der Waals surface area contributed by atoms with Crippen molar-refractivity contribution in [1.29, 1.82) is 0 Å². The molecule has 53 heavy (non-hydrogen) atoms. The minimum atomic E-state index is 0.781. The maximum absolute atomic E-state index is 7.13. The molecule has 0 fully saturated rings. The van der Waals surface area contributed by atoms with Gasteiger partial charge in [-0.05, 0) is 106 Å². The second kappa shape index (κ2) is 12.9. The van der Waals surface area contributed by atoms with Crippen molar-refractivity contribution in [2.24, 2.45) is 0 Å². The molecular weight excluding hydrogens is 645 g/mol. The first-order chi connectivity index (χ1) is 26.3. The van der Waals surface area contributed by atoms with Crippen molar-refractivity contribution >= 4 is 55.7 Å². The number of rotatable bonds is 5. The highest BCUT2D eigenvalue weighted by Crippen LogP contribution is 2.51. The fraction of sp³-hybridized carbons (Fsp3) is 0. The van der Waals surface area contributed by atoms with Crippen LogP contribution >= 0.6 is 0 Å². The van der Waals surface area contributed by atoms with Crippen LogP contribution in [0.5, 0.6) is 11.5 Å². The van der Waals surface area contributed by atoms with Crippen molar-refractivity contribution in [2.45, 2.75) is 0 Å². The number of para-hydroxylation sites is 3. The third kappa shape index (κ3) is 5.47. The molecule has 0 atom stereocenters. The molecule has 1 aliphatic heterocycles. The van der Waals surface area contributed by atoms with Crippen LogP contribution in [0, 0.1) is 0 Å². The van der Waals surface area contributed by atoms with Crippen molar-refractivity contribution < 1.29 is 4.74 Å². The van der Waals surface area contributed by atoms with E-state index >= 15 is 0 Å². The first-order valence-electron chi connectivity index (χ1n) is 18.0. The normalized spacial score (nSPS) is 11.9. The number of fused-ring (bicyclic) bond motifs is 4. The predicted molar refractivity (Wildman–Crippen MR) is 222 cm³/mol. The monoisotopic (exact) mass is 678 g/mol. The number of ether oxygens (including phenoxy) is 1. The third-order valence-electron chi connectivity index (χ3n) is 10.2. The highest BCUT2D eigenvalue weighted by atomic mass is 16.5. The van der Waals surface area contributed by atoms with Gasteiger partial charge in [-0.25, -0.2) is 0 Å². The van der Waals surface area contributed by atoms with Gasteiger partial charge in [0.25, 0.3) is 0 Å². The van der Waals surface area contributed by atoms with E-state index in [2.05, 4.69) is 216 Å². The fourth-order valence-corrected chi connectivity index (χ4v) is 7.74. The summed E-state index contributed by atoms with van der Waals surface area (Å²) in [4.78, 5) is 4.66. The number of hydrogen-bond donors (Lipinski definition) is 0. The van der Waals surface area contributed by atoms with Gasteiger partial charge >= 0.3 is 0 Å².